The summed E-state index contributed by atoms with van der Waals surface area (Å²) < 4.78 is 40.2. The molecule has 0 saturated heterocycles. The second-order valence-corrected chi connectivity index (χ2v) is 12.7. The van der Waals surface area contributed by atoms with Gasteiger partial charge in [-0.15, -0.1) is 0 Å². The number of ether oxygens (including phenoxy) is 2. The zero-order valence-electron chi connectivity index (χ0n) is 24.7. The average molecular weight is 628 g/mol. The fraction of sp³-hybridized carbons (Fsp3) is 0.375. The average Bonchev–Trinajstić information content (AvgIpc) is 3.52. The number of nitrogens with one attached hydrogen (secondary N) is 1. The Hall–Kier alpha value is -3.76. The summed E-state index contributed by atoms with van der Waals surface area (Å²) in [5, 5.41) is 3.45. The maximum Gasteiger partial charge on any atom is 0.264 e. The van der Waals surface area contributed by atoms with Crippen LogP contribution in [0.2, 0.25) is 5.02 Å². The molecule has 1 aliphatic rings. The highest BCUT2D eigenvalue weighted by atomic mass is 35.5. The van der Waals surface area contributed by atoms with Crippen LogP contribution in [0.15, 0.2) is 77.7 Å². The van der Waals surface area contributed by atoms with Crippen molar-refractivity contribution in [1.82, 2.24) is 10.2 Å². The van der Waals surface area contributed by atoms with E-state index >= 15 is 0 Å². The summed E-state index contributed by atoms with van der Waals surface area (Å²) in [4.78, 5) is 29.0. The maximum absolute atomic E-state index is 14.2. The molecule has 1 saturated carbocycles. The van der Waals surface area contributed by atoms with Crippen LogP contribution in [0.4, 0.5) is 5.69 Å². The quantitative estimate of drug-likeness (QED) is 0.271. The Labute approximate surface area is 258 Å². The van der Waals surface area contributed by atoms with Crippen molar-refractivity contribution in [2.45, 2.75) is 63.1 Å². The number of methoxy groups -OCH3 is 1. The van der Waals surface area contributed by atoms with Gasteiger partial charge in [0.05, 0.1) is 24.3 Å². The van der Waals surface area contributed by atoms with Gasteiger partial charge in [0.2, 0.25) is 11.8 Å². The lowest BCUT2D eigenvalue weighted by Crippen LogP contribution is -2.52. The Bertz CT molecular complexity index is 1490. The highest BCUT2D eigenvalue weighted by molar-refractivity contribution is 7.92. The largest absolute Gasteiger partial charge is 0.497 e. The number of carbonyl (C=O) groups is 2. The Morgan fingerprint density at radius 3 is 2.28 bits per heavy atom. The van der Waals surface area contributed by atoms with Gasteiger partial charge < -0.3 is 19.7 Å². The van der Waals surface area contributed by atoms with Gasteiger partial charge in [-0.1, -0.05) is 48.7 Å². The van der Waals surface area contributed by atoms with E-state index in [9.17, 15) is 18.0 Å². The Balaban J connectivity index is 1.72. The molecular formula is C32H38ClN3O6S. The highest BCUT2D eigenvalue weighted by Gasteiger charge is 2.34. The summed E-state index contributed by atoms with van der Waals surface area (Å²) in [6, 6.07) is 18.8. The number of sulfonamides is 1. The number of amides is 2. The van der Waals surface area contributed by atoms with Gasteiger partial charge in [0.25, 0.3) is 10.0 Å². The molecule has 43 heavy (non-hydrogen) atoms. The Kier molecular flexibility index (Phi) is 10.9. The number of hydrogen-bond acceptors (Lipinski definition) is 6. The number of halogens is 1. The van der Waals surface area contributed by atoms with Crippen LogP contribution in [0.3, 0.4) is 0 Å². The van der Waals surface area contributed by atoms with Gasteiger partial charge in [0.15, 0.2) is 0 Å². The molecule has 1 N–H and O–H groups in total. The molecule has 11 heteroatoms. The van der Waals surface area contributed by atoms with E-state index in [0.29, 0.717) is 23.1 Å². The monoisotopic (exact) mass is 627 g/mol. The fourth-order valence-electron chi connectivity index (χ4n) is 5.09. The molecular weight excluding hydrogens is 590 g/mol. The predicted octanol–water partition coefficient (Wildman–Crippen LogP) is 5.42. The van der Waals surface area contributed by atoms with E-state index in [2.05, 4.69) is 5.32 Å². The lowest BCUT2D eigenvalue weighted by atomic mass is 10.1. The predicted molar refractivity (Wildman–Crippen MR) is 167 cm³/mol. The first-order valence-electron chi connectivity index (χ1n) is 14.4. The molecule has 0 unspecified atom stereocenters. The van der Waals surface area contributed by atoms with Crippen molar-refractivity contribution < 1.29 is 27.5 Å². The van der Waals surface area contributed by atoms with Gasteiger partial charge >= 0.3 is 0 Å². The summed E-state index contributed by atoms with van der Waals surface area (Å²) in [6.45, 7) is 3.27. The molecule has 1 fully saturated rings. The zero-order chi connectivity index (χ0) is 31.0. The lowest BCUT2D eigenvalue weighted by molar-refractivity contribution is -0.139. The third-order valence-electron chi connectivity index (χ3n) is 7.50. The summed E-state index contributed by atoms with van der Waals surface area (Å²) in [5.41, 5.74) is 0.969. The van der Waals surface area contributed by atoms with Crippen LogP contribution < -0.4 is 19.1 Å². The number of rotatable bonds is 13. The molecule has 0 aromatic heterocycles. The zero-order valence-corrected chi connectivity index (χ0v) is 26.2. The minimum absolute atomic E-state index is 0.0373. The molecule has 0 radical (unpaired) electrons. The molecule has 9 nitrogen and oxygen atoms in total. The van der Waals surface area contributed by atoms with Crippen molar-refractivity contribution in [1.29, 1.82) is 0 Å². The topological polar surface area (TPSA) is 105 Å². The van der Waals surface area contributed by atoms with E-state index in [1.807, 2.05) is 12.1 Å². The third-order valence-corrected chi connectivity index (χ3v) is 9.52. The molecule has 0 heterocycles. The van der Waals surface area contributed by atoms with Crippen molar-refractivity contribution in [3.05, 3.63) is 83.4 Å². The second-order valence-electron chi connectivity index (χ2n) is 10.4. The van der Waals surface area contributed by atoms with E-state index in [1.165, 1.54) is 29.2 Å². The third kappa shape index (κ3) is 8.00. The number of hydrogen-bond donors (Lipinski definition) is 1. The number of nitrogens with zero attached hydrogens (tertiary/aromatic N) is 2. The molecule has 2 amide bonds. The first kappa shape index (κ1) is 32.2. The van der Waals surface area contributed by atoms with Crippen LogP contribution in [-0.4, -0.2) is 57.5 Å². The summed E-state index contributed by atoms with van der Waals surface area (Å²) in [5.74, 6) is 0.134. The van der Waals surface area contributed by atoms with Crippen LogP contribution in [0, 0.1) is 0 Å². The van der Waals surface area contributed by atoms with Gasteiger partial charge in [-0.25, -0.2) is 8.42 Å². The van der Waals surface area contributed by atoms with Crippen LogP contribution in [0.1, 0.15) is 45.1 Å². The Morgan fingerprint density at radius 2 is 1.65 bits per heavy atom. The van der Waals surface area contributed by atoms with Crippen molar-refractivity contribution >= 4 is 39.1 Å². The van der Waals surface area contributed by atoms with Gasteiger partial charge in [-0.3, -0.25) is 13.9 Å². The number of carbonyl (C=O) groups excluding carboxylic acids is 2. The van der Waals surface area contributed by atoms with E-state index in [1.54, 1.807) is 57.4 Å². The van der Waals surface area contributed by atoms with Crippen LogP contribution >= 0.6 is 11.6 Å². The van der Waals surface area contributed by atoms with Gasteiger partial charge in [0.1, 0.15) is 24.1 Å². The van der Waals surface area contributed by atoms with E-state index in [-0.39, 0.29) is 29.1 Å². The second kappa shape index (κ2) is 14.6. The standard InChI is InChI=1S/C32H38ClN3O6S/c1-4-42-30-12-8-7-11-29(30)36(43(39,40)28-19-15-25(33)16-20-28)22-31(37)35(21-24-13-17-27(41-3)18-14-24)23(2)32(38)34-26-9-5-6-10-26/h7-8,11-20,23,26H,4-6,9-10,21-22H2,1-3H3,(H,34,38)/t23-/m1/s1. The number of para-hydroxylation sites is 2. The van der Waals surface area contributed by atoms with Gasteiger partial charge in [-0.2, -0.15) is 0 Å². The number of anilines is 1. The van der Waals surface area contributed by atoms with Gasteiger partial charge in [-0.05, 0) is 80.8 Å². The normalized spacial score (nSPS) is 14.1. The molecule has 3 aromatic carbocycles. The molecule has 3 aromatic rings. The van der Waals surface area contributed by atoms with E-state index < -0.39 is 28.5 Å². The van der Waals surface area contributed by atoms with Crippen LogP contribution in [-0.2, 0) is 26.2 Å². The van der Waals surface area contributed by atoms with Crippen LogP contribution in [0.5, 0.6) is 11.5 Å². The molecule has 4 rings (SSSR count). The summed E-state index contributed by atoms with van der Waals surface area (Å²) in [7, 11) is -2.69. The SMILES string of the molecule is CCOc1ccccc1N(CC(=O)N(Cc1ccc(OC)cc1)[C@H](C)C(=O)NC1CCCC1)S(=O)(=O)c1ccc(Cl)cc1. The van der Waals surface area contributed by atoms with E-state index in [4.69, 9.17) is 21.1 Å². The smallest absolute Gasteiger partial charge is 0.264 e. The van der Waals surface area contributed by atoms with Gasteiger partial charge in [0, 0.05) is 17.6 Å². The fourth-order valence-corrected chi connectivity index (χ4v) is 6.64. The molecule has 230 valence electrons. The van der Waals surface area contributed by atoms with Crippen LogP contribution in [0.25, 0.3) is 0 Å². The molecule has 1 atom stereocenters. The van der Waals surface area contributed by atoms with Crippen molar-refractivity contribution in [2.24, 2.45) is 0 Å². The Morgan fingerprint density at radius 1 is 1.00 bits per heavy atom. The molecule has 0 spiro atoms. The van der Waals surface area contributed by atoms with Crippen molar-refractivity contribution in [2.75, 3.05) is 24.6 Å². The summed E-state index contributed by atoms with van der Waals surface area (Å²) in [6.07, 6.45) is 3.88. The van der Waals surface area contributed by atoms with E-state index in [0.717, 1.165) is 35.6 Å². The summed E-state index contributed by atoms with van der Waals surface area (Å²) >= 11 is 6.04. The minimum Gasteiger partial charge on any atom is -0.497 e. The highest BCUT2D eigenvalue weighted by Crippen LogP contribution is 2.33. The number of benzene rings is 3. The van der Waals surface area contributed by atoms with Crippen molar-refractivity contribution in [3.63, 3.8) is 0 Å². The molecule has 0 aliphatic heterocycles. The minimum atomic E-state index is -4.26. The maximum atomic E-state index is 14.2. The molecule has 0 bridgehead atoms. The first-order chi connectivity index (χ1) is 20.6. The molecule has 1 aliphatic carbocycles. The first-order valence-corrected chi connectivity index (χ1v) is 16.2. The lowest BCUT2D eigenvalue weighted by Gasteiger charge is -2.33. The van der Waals surface area contributed by atoms with Crippen molar-refractivity contribution in [3.8, 4) is 11.5 Å².